The van der Waals surface area contributed by atoms with Crippen molar-refractivity contribution in [3.8, 4) is 11.1 Å². The maximum Gasteiger partial charge on any atom is 0.408 e. The number of hydrogen-bond donors (Lipinski definition) is 3. The average molecular weight is 734 g/mol. The number of nitrogens with one attached hydrogen (secondary N) is 1. The molecule has 7 rings (SSSR count). The Kier molecular flexibility index (Phi) is 11.8. The minimum atomic E-state index is -0.987. The molecular formula is C43H47N3O8. The number of ether oxygens (including phenoxy) is 3. The van der Waals surface area contributed by atoms with Crippen LogP contribution in [0.15, 0.2) is 103 Å². The van der Waals surface area contributed by atoms with Gasteiger partial charge in [-0.15, -0.1) is 0 Å². The van der Waals surface area contributed by atoms with Crippen molar-refractivity contribution in [3.63, 3.8) is 0 Å². The lowest BCUT2D eigenvalue weighted by molar-refractivity contribution is -0.276. The smallest absolute Gasteiger partial charge is 0.408 e. The van der Waals surface area contributed by atoms with Crippen LogP contribution in [-0.4, -0.2) is 75.8 Å². The summed E-state index contributed by atoms with van der Waals surface area (Å²) in [5, 5.41) is 22.2. The molecule has 0 spiro atoms. The molecule has 3 heterocycles. The molecular weight excluding hydrogens is 686 g/mol. The molecule has 3 saturated heterocycles. The van der Waals surface area contributed by atoms with Crippen LogP contribution >= 0.6 is 0 Å². The van der Waals surface area contributed by atoms with Gasteiger partial charge in [0.1, 0.15) is 12.6 Å². The van der Waals surface area contributed by atoms with Crippen LogP contribution in [-0.2, 0) is 43.6 Å². The first-order valence-corrected chi connectivity index (χ1v) is 18.7. The summed E-state index contributed by atoms with van der Waals surface area (Å²) in [5.74, 6) is -0.818. The molecule has 3 fully saturated rings. The summed E-state index contributed by atoms with van der Waals surface area (Å²) >= 11 is 0. The minimum Gasteiger partial charge on any atom is -0.445 e. The Morgan fingerprint density at radius 2 is 1.59 bits per heavy atom. The van der Waals surface area contributed by atoms with Crippen LogP contribution in [0.25, 0.3) is 11.1 Å². The normalized spacial score (nSPS) is 24.5. The van der Waals surface area contributed by atoms with E-state index in [9.17, 15) is 24.6 Å². The predicted molar refractivity (Wildman–Crippen MR) is 200 cm³/mol. The molecule has 0 saturated carbocycles. The molecule has 54 heavy (non-hydrogen) atoms. The molecule has 282 valence electrons. The highest BCUT2D eigenvalue weighted by Gasteiger charge is 2.41. The Hall–Kier alpha value is -4.91. The Morgan fingerprint density at radius 3 is 2.35 bits per heavy atom. The van der Waals surface area contributed by atoms with Crippen LogP contribution in [0, 0.1) is 5.92 Å². The largest absolute Gasteiger partial charge is 0.445 e. The van der Waals surface area contributed by atoms with Gasteiger partial charge in [-0.3, -0.25) is 19.4 Å². The fourth-order valence-corrected chi connectivity index (χ4v) is 7.67. The molecule has 0 aliphatic carbocycles. The molecule has 0 bridgehead atoms. The number of benzene rings is 4. The number of nitrogens with zero attached hydrogens (tertiary/aromatic N) is 2. The fourth-order valence-electron chi connectivity index (χ4n) is 7.67. The molecule has 6 atom stereocenters. The van der Waals surface area contributed by atoms with E-state index in [1.54, 1.807) is 0 Å². The quantitative estimate of drug-likeness (QED) is 0.158. The van der Waals surface area contributed by atoms with Crippen LogP contribution in [0.3, 0.4) is 0 Å². The predicted octanol–water partition coefficient (Wildman–Crippen LogP) is 5.65. The van der Waals surface area contributed by atoms with E-state index in [0.717, 1.165) is 58.3 Å². The maximum atomic E-state index is 13.2. The standard InChI is InChI=1S/C43H47N3O8/c1-28-38(24-45-19-7-14-36(45)26-48)53-42(54-40(28)32-17-15-29(25-47)16-18-32)35-13-6-12-34(21-35)33-11-5-10-31(20-33)23-46-39(49)22-37(41(46)50)44-43(51)52-27-30-8-3-2-4-9-30/h2-6,8-13,15-18,20-21,28,36-38,40,42,47-48H,7,14,19,22-27H2,1H3,(H,44,51). The van der Waals surface area contributed by atoms with Crippen molar-refractivity contribution in [1.29, 1.82) is 0 Å². The number of amides is 3. The molecule has 6 unspecified atom stereocenters. The minimum absolute atomic E-state index is 0.0202. The highest BCUT2D eigenvalue weighted by molar-refractivity contribution is 6.06. The van der Waals surface area contributed by atoms with E-state index in [-0.39, 0.29) is 62.9 Å². The van der Waals surface area contributed by atoms with E-state index < -0.39 is 24.3 Å². The van der Waals surface area contributed by atoms with Crippen LogP contribution in [0.5, 0.6) is 0 Å². The topological polar surface area (TPSA) is 138 Å². The van der Waals surface area contributed by atoms with Crippen LogP contribution < -0.4 is 5.32 Å². The lowest BCUT2D eigenvalue weighted by Crippen LogP contribution is -2.46. The zero-order valence-corrected chi connectivity index (χ0v) is 30.4. The first kappa shape index (κ1) is 37.4. The van der Waals surface area contributed by atoms with Crippen LogP contribution in [0.2, 0.25) is 0 Å². The number of alkyl carbamates (subject to hydrolysis) is 1. The molecule has 11 nitrogen and oxygen atoms in total. The number of hydrogen-bond acceptors (Lipinski definition) is 9. The molecule has 3 aliphatic heterocycles. The number of likely N-dealkylation sites (tertiary alicyclic amines) is 2. The summed E-state index contributed by atoms with van der Waals surface area (Å²) in [6, 6.07) is 31.9. The van der Waals surface area contributed by atoms with Gasteiger partial charge in [0.2, 0.25) is 5.91 Å². The van der Waals surface area contributed by atoms with Crippen molar-refractivity contribution in [2.45, 2.75) is 76.5 Å². The van der Waals surface area contributed by atoms with Gasteiger partial charge in [0.15, 0.2) is 6.29 Å². The van der Waals surface area contributed by atoms with E-state index in [1.165, 1.54) is 4.90 Å². The fraction of sp³-hybridized carbons (Fsp3) is 0.372. The molecule has 0 aromatic heterocycles. The summed E-state index contributed by atoms with van der Waals surface area (Å²) in [6.45, 7) is 3.95. The summed E-state index contributed by atoms with van der Waals surface area (Å²) in [4.78, 5) is 42.1. The number of aliphatic hydroxyl groups excluding tert-OH is 2. The van der Waals surface area contributed by atoms with Gasteiger partial charge in [0.25, 0.3) is 5.91 Å². The number of imide groups is 1. The lowest BCUT2D eigenvalue weighted by atomic mass is 9.89. The van der Waals surface area contributed by atoms with Crippen molar-refractivity contribution >= 4 is 17.9 Å². The third-order valence-electron chi connectivity index (χ3n) is 10.8. The second-order valence-electron chi connectivity index (χ2n) is 14.4. The summed E-state index contributed by atoms with van der Waals surface area (Å²) in [7, 11) is 0. The molecule has 3 N–H and O–H groups in total. The molecule has 3 amide bonds. The van der Waals surface area contributed by atoms with E-state index in [4.69, 9.17) is 14.2 Å². The number of aliphatic hydroxyl groups is 2. The van der Waals surface area contributed by atoms with Crippen molar-refractivity contribution in [3.05, 3.63) is 131 Å². The van der Waals surface area contributed by atoms with E-state index in [2.05, 4.69) is 17.1 Å². The van der Waals surface area contributed by atoms with Gasteiger partial charge in [-0.05, 0) is 64.9 Å². The number of carbonyl (C=O) groups is 3. The Labute approximate surface area is 315 Å². The average Bonchev–Trinajstić information content (AvgIpc) is 3.77. The van der Waals surface area contributed by atoms with Gasteiger partial charge in [-0.1, -0.05) is 97.9 Å². The highest BCUT2D eigenvalue weighted by Crippen LogP contribution is 2.43. The van der Waals surface area contributed by atoms with E-state index in [0.29, 0.717) is 6.54 Å². The maximum absolute atomic E-state index is 13.2. The van der Waals surface area contributed by atoms with E-state index in [1.807, 2.05) is 103 Å². The number of carbonyl (C=O) groups excluding carboxylic acids is 3. The Morgan fingerprint density at radius 1 is 0.852 bits per heavy atom. The highest BCUT2D eigenvalue weighted by atomic mass is 16.7. The summed E-state index contributed by atoms with van der Waals surface area (Å²) in [6.07, 6.45) is 0.0421. The van der Waals surface area contributed by atoms with E-state index >= 15 is 0 Å². The third kappa shape index (κ3) is 8.56. The molecule has 4 aromatic rings. The first-order chi connectivity index (χ1) is 26.3. The SMILES string of the molecule is CC1C(CN2CCCC2CO)OC(c2cccc(-c3cccc(CN4C(=O)CC(NC(=O)OCc5ccccc5)C4=O)c3)c2)OC1c1ccc(CO)cc1. The van der Waals surface area contributed by atoms with Crippen molar-refractivity contribution in [2.75, 3.05) is 19.7 Å². The van der Waals surface area contributed by atoms with Gasteiger partial charge >= 0.3 is 6.09 Å². The second-order valence-corrected chi connectivity index (χ2v) is 14.4. The van der Waals surface area contributed by atoms with Crippen molar-refractivity contribution in [1.82, 2.24) is 15.1 Å². The Bertz CT molecular complexity index is 1920. The van der Waals surface area contributed by atoms with Crippen LogP contribution in [0.4, 0.5) is 4.79 Å². The van der Waals surface area contributed by atoms with Gasteiger partial charge in [-0.2, -0.15) is 0 Å². The van der Waals surface area contributed by atoms with Gasteiger partial charge in [0.05, 0.1) is 38.4 Å². The van der Waals surface area contributed by atoms with Crippen molar-refractivity contribution in [2.24, 2.45) is 5.92 Å². The van der Waals surface area contributed by atoms with Gasteiger partial charge in [-0.25, -0.2) is 4.79 Å². The summed E-state index contributed by atoms with van der Waals surface area (Å²) < 4.78 is 18.7. The zero-order valence-electron chi connectivity index (χ0n) is 30.4. The summed E-state index contributed by atoms with van der Waals surface area (Å²) in [5.41, 5.74) is 6.08. The van der Waals surface area contributed by atoms with Gasteiger partial charge < -0.3 is 29.7 Å². The third-order valence-corrected chi connectivity index (χ3v) is 10.8. The van der Waals surface area contributed by atoms with Crippen LogP contribution in [0.1, 0.15) is 66.4 Å². The first-order valence-electron chi connectivity index (χ1n) is 18.7. The van der Waals surface area contributed by atoms with Gasteiger partial charge in [0, 0.05) is 24.1 Å². The Balaban J connectivity index is 1.05. The lowest BCUT2D eigenvalue weighted by Gasteiger charge is -2.43. The second kappa shape index (κ2) is 17.0. The molecule has 11 heteroatoms. The molecule has 4 aromatic carbocycles. The molecule has 0 radical (unpaired) electrons. The van der Waals surface area contributed by atoms with Crippen molar-refractivity contribution < 1.29 is 38.8 Å². The molecule has 3 aliphatic rings. The zero-order chi connectivity index (χ0) is 37.6. The number of rotatable bonds is 12. The monoisotopic (exact) mass is 733 g/mol.